The third-order valence-corrected chi connectivity index (χ3v) is 4.13. The number of hydrogen-bond donors (Lipinski definition) is 2. The first kappa shape index (κ1) is 17.2. The Balaban J connectivity index is 1.75. The normalized spacial score (nSPS) is 10.6. The maximum absolute atomic E-state index is 5.92. The summed E-state index contributed by atoms with van der Waals surface area (Å²) in [6, 6.07) is 16.0. The minimum atomic E-state index is 0.590. The zero-order chi connectivity index (χ0) is 17.8. The van der Waals surface area contributed by atoms with E-state index in [2.05, 4.69) is 52.6 Å². The predicted octanol–water partition coefficient (Wildman–Crippen LogP) is 5.41. The standard InChI is InChI=1S/C20H21ClN4/c1-13-4-5-14(2)18(10-13)24-20-23-15(3)11-19(25-20)22-12-16-6-8-17(21)9-7-16/h4-11H,12H2,1-3H3,(H2,22,23,24,25). The number of nitrogens with zero attached hydrogens (tertiary/aromatic N) is 2. The van der Waals surface area contributed by atoms with Crippen LogP contribution in [0.15, 0.2) is 48.5 Å². The third-order valence-electron chi connectivity index (χ3n) is 3.88. The van der Waals surface area contributed by atoms with Gasteiger partial charge >= 0.3 is 0 Å². The number of anilines is 3. The Hall–Kier alpha value is -2.59. The first-order valence-corrected chi connectivity index (χ1v) is 8.56. The van der Waals surface area contributed by atoms with Gasteiger partial charge in [-0.25, -0.2) is 4.98 Å². The van der Waals surface area contributed by atoms with Crippen LogP contribution in [0.3, 0.4) is 0 Å². The minimum Gasteiger partial charge on any atom is -0.366 e. The van der Waals surface area contributed by atoms with Crippen molar-refractivity contribution in [3.63, 3.8) is 0 Å². The Kier molecular flexibility index (Phi) is 5.19. The molecule has 0 saturated carbocycles. The zero-order valence-electron chi connectivity index (χ0n) is 14.6. The summed E-state index contributed by atoms with van der Waals surface area (Å²) in [5, 5.41) is 7.40. The molecule has 0 radical (unpaired) electrons. The molecule has 0 amide bonds. The summed E-state index contributed by atoms with van der Waals surface area (Å²) in [5.41, 5.74) is 5.42. The molecule has 5 heteroatoms. The lowest BCUT2D eigenvalue weighted by Crippen LogP contribution is -2.06. The molecule has 0 aliphatic heterocycles. The molecule has 1 aromatic heterocycles. The lowest BCUT2D eigenvalue weighted by atomic mass is 10.1. The number of aryl methyl sites for hydroxylation is 3. The largest absolute Gasteiger partial charge is 0.366 e. The fourth-order valence-electron chi connectivity index (χ4n) is 2.50. The van der Waals surface area contributed by atoms with Crippen LogP contribution in [0.2, 0.25) is 5.02 Å². The first-order valence-electron chi connectivity index (χ1n) is 8.18. The van der Waals surface area contributed by atoms with Crippen LogP contribution < -0.4 is 10.6 Å². The smallest absolute Gasteiger partial charge is 0.229 e. The molecule has 4 nitrogen and oxygen atoms in total. The highest BCUT2D eigenvalue weighted by Gasteiger charge is 2.05. The Bertz CT molecular complexity index is 875. The molecule has 128 valence electrons. The fourth-order valence-corrected chi connectivity index (χ4v) is 2.63. The van der Waals surface area contributed by atoms with Crippen molar-refractivity contribution < 1.29 is 0 Å². The lowest BCUT2D eigenvalue weighted by Gasteiger charge is -2.12. The van der Waals surface area contributed by atoms with Crippen molar-refractivity contribution >= 4 is 29.1 Å². The van der Waals surface area contributed by atoms with E-state index >= 15 is 0 Å². The van der Waals surface area contributed by atoms with Gasteiger partial charge in [0.15, 0.2) is 0 Å². The molecule has 0 spiro atoms. The molecule has 3 rings (SSSR count). The van der Waals surface area contributed by atoms with Crippen LogP contribution in [0, 0.1) is 20.8 Å². The summed E-state index contributed by atoms with van der Waals surface area (Å²) in [6.45, 7) is 6.78. The second-order valence-corrected chi connectivity index (χ2v) is 6.58. The number of benzene rings is 2. The molecule has 0 atom stereocenters. The fraction of sp³-hybridized carbons (Fsp3) is 0.200. The van der Waals surface area contributed by atoms with Crippen molar-refractivity contribution in [2.45, 2.75) is 27.3 Å². The van der Waals surface area contributed by atoms with Crippen LogP contribution in [-0.2, 0) is 6.54 Å². The Morgan fingerprint density at radius 2 is 1.68 bits per heavy atom. The van der Waals surface area contributed by atoms with Crippen LogP contribution in [-0.4, -0.2) is 9.97 Å². The summed E-state index contributed by atoms with van der Waals surface area (Å²) >= 11 is 5.92. The molecule has 0 aliphatic carbocycles. The average molecular weight is 353 g/mol. The van der Waals surface area contributed by atoms with E-state index < -0.39 is 0 Å². The van der Waals surface area contributed by atoms with Crippen LogP contribution >= 0.6 is 11.6 Å². The summed E-state index contributed by atoms with van der Waals surface area (Å²) in [6.07, 6.45) is 0. The van der Waals surface area contributed by atoms with Crippen LogP contribution in [0.1, 0.15) is 22.4 Å². The molecule has 0 bridgehead atoms. The quantitative estimate of drug-likeness (QED) is 0.644. The van der Waals surface area contributed by atoms with Crippen molar-refractivity contribution in [1.29, 1.82) is 0 Å². The summed E-state index contributed by atoms with van der Waals surface area (Å²) < 4.78 is 0. The molecule has 2 aromatic carbocycles. The van der Waals surface area contributed by atoms with Gasteiger partial charge in [-0.3, -0.25) is 0 Å². The predicted molar refractivity (Wildman–Crippen MR) is 105 cm³/mol. The molecule has 0 saturated heterocycles. The van der Waals surface area contributed by atoms with Gasteiger partial charge in [-0.2, -0.15) is 4.98 Å². The number of aromatic nitrogens is 2. The molecule has 1 heterocycles. The number of rotatable bonds is 5. The van der Waals surface area contributed by atoms with Crippen molar-refractivity contribution in [2.75, 3.05) is 10.6 Å². The summed E-state index contributed by atoms with van der Waals surface area (Å²) in [5.74, 6) is 1.38. The highest BCUT2D eigenvalue weighted by atomic mass is 35.5. The number of nitrogens with one attached hydrogen (secondary N) is 2. The van der Waals surface area contributed by atoms with Gasteiger partial charge in [0.05, 0.1) is 0 Å². The summed E-state index contributed by atoms with van der Waals surface area (Å²) in [7, 11) is 0. The molecule has 0 unspecified atom stereocenters. The monoisotopic (exact) mass is 352 g/mol. The molecule has 25 heavy (non-hydrogen) atoms. The molecule has 0 fully saturated rings. The average Bonchev–Trinajstić information content (AvgIpc) is 2.57. The Morgan fingerprint density at radius 3 is 2.44 bits per heavy atom. The van der Waals surface area contributed by atoms with Crippen molar-refractivity contribution in [1.82, 2.24) is 9.97 Å². The molecule has 0 aliphatic rings. The topological polar surface area (TPSA) is 49.8 Å². The Labute approximate surface area is 153 Å². The highest BCUT2D eigenvalue weighted by molar-refractivity contribution is 6.30. The zero-order valence-corrected chi connectivity index (χ0v) is 15.4. The van der Waals surface area contributed by atoms with Gasteiger partial charge in [-0.05, 0) is 55.7 Å². The van der Waals surface area contributed by atoms with Gasteiger partial charge in [0, 0.05) is 29.0 Å². The van der Waals surface area contributed by atoms with Crippen molar-refractivity contribution in [2.24, 2.45) is 0 Å². The first-order chi connectivity index (χ1) is 12.0. The second kappa shape index (κ2) is 7.53. The van der Waals surface area contributed by atoms with Gasteiger partial charge in [-0.1, -0.05) is 35.9 Å². The van der Waals surface area contributed by atoms with Crippen LogP contribution in [0.25, 0.3) is 0 Å². The SMILES string of the molecule is Cc1ccc(C)c(Nc2nc(C)cc(NCc3ccc(Cl)cc3)n2)c1. The number of hydrogen-bond acceptors (Lipinski definition) is 4. The van der Waals surface area contributed by atoms with E-state index in [9.17, 15) is 0 Å². The van der Waals surface area contributed by atoms with E-state index in [4.69, 9.17) is 11.6 Å². The molecular weight excluding hydrogens is 332 g/mol. The minimum absolute atomic E-state index is 0.590. The lowest BCUT2D eigenvalue weighted by molar-refractivity contribution is 1.06. The van der Waals surface area contributed by atoms with Gasteiger partial charge < -0.3 is 10.6 Å². The van der Waals surface area contributed by atoms with E-state index in [0.717, 1.165) is 33.3 Å². The highest BCUT2D eigenvalue weighted by Crippen LogP contribution is 2.21. The van der Waals surface area contributed by atoms with E-state index in [1.165, 1.54) is 5.56 Å². The maximum atomic E-state index is 5.92. The van der Waals surface area contributed by atoms with Gasteiger partial charge in [-0.15, -0.1) is 0 Å². The molecular formula is C20H21ClN4. The van der Waals surface area contributed by atoms with E-state index in [0.29, 0.717) is 12.5 Å². The van der Waals surface area contributed by atoms with E-state index in [-0.39, 0.29) is 0 Å². The third kappa shape index (κ3) is 4.70. The van der Waals surface area contributed by atoms with Gasteiger partial charge in [0.1, 0.15) is 5.82 Å². The van der Waals surface area contributed by atoms with Gasteiger partial charge in [0.2, 0.25) is 5.95 Å². The maximum Gasteiger partial charge on any atom is 0.229 e. The molecule has 3 aromatic rings. The number of halogens is 1. The van der Waals surface area contributed by atoms with Crippen LogP contribution in [0.4, 0.5) is 17.5 Å². The second-order valence-electron chi connectivity index (χ2n) is 6.14. The van der Waals surface area contributed by atoms with Gasteiger partial charge in [0.25, 0.3) is 0 Å². The Morgan fingerprint density at radius 1 is 0.920 bits per heavy atom. The van der Waals surface area contributed by atoms with E-state index in [1.54, 1.807) is 0 Å². The van der Waals surface area contributed by atoms with E-state index in [1.807, 2.05) is 37.3 Å². The summed E-state index contributed by atoms with van der Waals surface area (Å²) in [4.78, 5) is 9.06. The molecule has 2 N–H and O–H groups in total. The van der Waals surface area contributed by atoms with Crippen molar-refractivity contribution in [3.05, 3.63) is 75.9 Å². The van der Waals surface area contributed by atoms with Crippen LogP contribution in [0.5, 0.6) is 0 Å². The van der Waals surface area contributed by atoms with Crippen molar-refractivity contribution in [3.8, 4) is 0 Å².